The normalized spacial score (nSPS) is 24.5. The molecule has 128 valence electrons. The Hall–Kier alpha value is -1.02. The van der Waals surface area contributed by atoms with E-state index >= 15 is 0 Å². The summed E-state index contributed by atoms with van der Waals surface area (Å²) in [6, 6.07) is 5.90. The van der Waals surface area contributed by atoms with Crippen LogP contribution in [0.1, 0.15) is 31.2 Å². The molecule has 23 heavy (non-hydrogen) atoms. The molecular formula is C16H24N2O4S. The second-order valence-electron chi connectivity index (χ2n) is 6.40. The predicted molar refractivity (Wildman–Crippen MR) is 86.5 cm³/mol. The van der Waals surface area contributed by atoms with Crippen molar-refractivity contribution in [2.45, 2.75) is 45.0 Å². The first-order chi connectivity index (χ1) is 10.9. The molecule has 7 heteroatoms. The minimum atomic E-state index is -3.11. The van der Waals surface area contributed by atoms with Crippen LogP contribution in [0.2, 0.25) is 0 Å². The van der Waals surface area contributed by atoms with Gasteiger partial charge in [0.15, 0.2) is 0 Å². The van der Waals surface area contributed by atoms with Crippen molar-refractivity contribution >= 4 is 10.0 Å². The lowest BCUT2D eigenvalue weighted by Gasteiger charge is -2.52. The van der Waals surface area contributed by atoms with E-state index in [1.54, 1.807) is 6.92 Å². The number of hydrogen-bond acceptors (Lipinski definition) is 5. The lowest BCUT2D eigenvalue weighted by molar-refractivity contribution is -0.180. The molecule has 6 nitrogen and oxygen atoms in total. The molecule has 3 heterocycles. The molecule has 0 aromatic carbocycles. The van der Waals surface area contributed by atoms with Crippen LogP contribution < -0.4 is 0 Å². The number of aromatic nitrogens is 1. The van der Waals surface area contributed by atoms with Gasteiger partial charge in [0.2, 0.25) is 10.0 Å². The van der Waals surface area contributed by atoms with E-state index in [1.165, 1.54) is 4.31 Å². The van der Waals surface area contributed by atoms with Crippen LogP contribution in [-0.4, -0.2) is 54.9 Å². The summed E-state index contributed by atoms with van der Waals surface area (Å²) in [4.78, 5) is 4.44. The largest absolute Gasteiger partial charge is 0.372 e. The highest BCUT2D eigenvalue weighted by atomic mass is 32.2. The molecule has 0 unspecified atom stereocenters. The van der Waals surface area contributed by atoms with Gasteiger partial charge < -0.3 is 9.47 Å². The fraction of sp³-hybridized carbons (Fsp3) is 0.688. The van der Waals surface area contributed by atoms with Crippen molar-refractivity contribution in [3.8, 4) is 0 Å². The van der Waals surface area contributed by atoms with Crippen molar-refractivity contribution in [3.63, 3.8) is 0 Å². The summed E-state index contributed by atoms with van der Waals surface area (Å²) in [5, 5.41) is 0. The molecular weight excluding hydrogens is 316 g/mol. The van der Waals surface area contributed by atoms with E-state index in [9.17, 15) is 8.42 Å². The first kappa shape index (κ1) is 16.8. The van der Waals surface area contributed by atoms with E-state index in [2.05, 4.69) is 4.98 Å². The number of ether oxygens (including phenoxy) is 2. The molecule has 1 atom stereocenters. The highest BCUT2D eigenvalue weighted by Gasteiger charge is 2.51. The van der Waals surface area contributed by atoms with Crippen molar-refractivity contribution in [1.82, 2.24) is 9.29 Å². The monoisotopic (exact) mass is 340 g/mol. The Morgan fingerprint density at radius 3 is 2.91 bits per heavy atom. The number of nitrogens with zero attached hydrogens (tertiary/aromatic N) is 2. The quantitative estimate of drug-likeness (QED) is 0.812. The molecule has 2 saturated heterocycles. The average Bonchev–Trinajstić information content (AvgIpc) is 2.51. The Balaban J connectivity index is 1.53. The van der Waals surface area contributed by atoms with Gasteiger partial charge in [-0.3, -0.25) is 4.98 Å². The Morgan fingerprint density at radius 2 is 2.22 bits per heavy atom. The molecule has 0 N–H and O–H groups in total. The van der Waals surface area contributed by atoms with Gasteiger partial charge in [0.25, 0.3) is 0 Å². The molecule has 1 aromatic heterocycles. The Kier molecular flexibility index (Phi) is 4.73. The maximum atomic E-state index is 11.9. The summed E-state index contributed by atoms with van der Waals surface area (Å²) >= 11 is 0. The third-order valence-electron chi connectivity index (χ3n) is 4.55. The summed E-state index contributed by atoms with van der Waals surface area (Å²) < 4.78 is 37.1. The van der Waals surface area contributed by atoms with Crippen LogP contribution in [0, 0.1) is 6.92 Å². The van der Waals surface area contributed by atoms with Gasteiger partial charge in [-0.05, 0) is 32.4 Å². The fourth-order valence-electron chi connectivity index (χ4n) is 3.20. The third kappa shape index (κ3) is 3.74. The second kappa shape index (κ2) is 6.47. The first-order valence-electron chi connectivity index (χ1n) is 8.08. The molecule has 0 bridgehead atoms. The highest BCUT2D eigenvalue weighted by molar-refractivity contribution is 7.89. The maximum Gasteiger partial charge on any atom is 0.214 e. The van der Waals surface area contributed by atoms with Crippen molar-refractivity contribution in [3.05, 3.63) is 29.6 Å². The van der Waals surface area contributed by atoms with Gasteiger partial charge in [0, 0.05) is 31.8 Å². The van der Waals surface area contributed by atoms with Crippen LogP contribution in [-0.2, 0) is 26.1 Å². The van der Waals surface area contributed by atoms with E-state index in [0.29, 0.717) is 26.3 Å². The lowest BCUT2D eigenvalue weighted by atomic mass is 9.86. The summed E-state index contributed by atoms with van der Waals surface area (Å²) in [6.45, 7) is 5.63. The van der Waals surface area contributed by atoms with Gasteiger partial charge >= 0.3 is 0 Å². The van der Waals surface area contributed by atoms with Gasteiger partial charge in [-0.2, -0.15) is 4.31 Å². The van der Waals surface area contributed by atoms with E-state index in [-0.39, 0.29) is 17.5 Å². The zero-order valence-electron chi connectivity index (χ0n) is 13.7. The summed E-state index contributed by atoms with van der Waals surface area (Å²) in [5.41, 5.74) is 1.55. The van der Waals surface area contributed by atoms with Gasteiger partial charge in [-0.25, -0.2) is 8.42 Å². The van der Waals surface area contributed by atoms with Gasteiger partial charge in [-0.1, -0.05) is 6.07 Å². The molecule has 2 fully saturated rings. The van der Waals surface area contributed by atoms with Crippen LogP contribution >= 0.6 is 0 Å². The van der Waals surface area contributed by atoms with Crippen LogP contribution in [0.25, 0.3) is 0 Å². The third-order valence-corrected chi connectivity index (χ3v) is 6.32. The van der Waals surface area contributed by atoms with Crippen LogP contribution in [0.3, 0.4) is 0 Å². The highest BCUT2D eigenvalue weighted by Crippen LogP contribution is 2.37. The number of rotatable bonds is 5. The summed E-state index contributed by atoms with van der Waals surface area (Å²) in [7, 11) is -3.11. The number of hydrogen-bond donors (Lipinski definition) is 0. The van der Waals surface area contributed by atoms with Crippen LogP contribution in [0.5, 0.6) is 0 Å². The standard InChI is InChI=1S/C16H24N2O4S/c1-3-23(19,20)18-11-16(12-18)9-15(7-8-22-16)21-10-14-6-4-5-13(2)17-14/h4-6,15H,3,7-12H2,1-2H3/t15-/m0/s1. The van der Waals surface area contributed by atoms with E-state index in [1.807, 2.05) is 25.1 Å². The Bertz CT molecular complexity index is 656. The topological polar surface area (TPSA) is 68.7 Å². The molecule has 2 aliphatic heterocycles. The Morgan fingerprint density at radius 1 is 1.43 bits per heavy atom. The zero-order valence-corrected chi connectivity index (χ0v) is 14.5. The van der Waals surface area contributed by atoms with E-state index in [0.717, 1.165) is 24.2 Å². The van der Waals surface area contributed by atoms with Crippen LogP contribution in [0.4, 0.5) is 0 Å². The van der Waals surface area contributed by atoms with Crippen molar-refractivity contribution < 1.29 is 17.9 Å². The van der Waals surface area contributed by atoms with Crippen molar-refractivity contribution in [2.75, 3.05) is 25.4 Å². The van der Waals surface area contributed by atoms with E-state index < -0.39 is 10.0 Å². The molecule has 0 amide bonds. The van der Waals surface area contributed by atoms with Crippen molar-refractivity contribution in [2.24, 2.45) is 0 Å². The molecule has 3 rings (SSSR count). The average molecular weight is 340 g/mol. The molecule has 1 spiro atoms. The predicted octanol–water partition coefficient (Wildman–Crippen LogP) is 1.49. The smallest absolute Gasteiger partial charge is 0.214 e. The number of sulfonamides is 1. The maximum absolute atomic E-state index is 11.9. The van der Waals surface area contributed by atoms with E-state index in [4.69, 9.17) is 9.47 Å². The van der Waals surface area contributed by atoms with Gasteiger partial charge in [0.1, 0.15) is 0 Å². The zero-order chi connectivity index (χ0) is 16.5. The lowest BCUT2D eigenvalue weighted by Crippen LogP contribution is -2.67. The second-order valence-corrected chi connectivity index (χ2v) is 8.65. The summed E-state index contributed by atoms with van der Waals surface area (Å²) in [6.07, 6.45) is 1.68. The fourth-order valence-corrected chi connectivity index (χ4v) is 4.43. The summed E-state index contributed by atoms with van der Waals surface area (Å²) in [5.74, 6) is 0.141. The Labute approximate surface area is 137 Å². The van der Waals surface area contributed by atoms with Gasteiger partial charge in [-0.15, -0.1) is 0 Å². The molecule has 0 aliphatic carbocycles. The molecule has 0 saturated carbocycles. The molecule has 0 radical (unpaired) electrons. The van der Waals surface area contributed by atoms with Crippen LogP contribution in [0.15, 0.2) is 18.2 Å². The number of pyridine rings is 1. The minimum absolute atomic E-state index is 0.0949. The minimum Gasteiger partial charge on any atom is -0.372 e. The molecule has 1 aromatic rings. The van der Waals surface area contributed by atoms with Crippen molar-refractivity contribution in [1.29, 1.82) is 0 Å². The van der Waals surface area contributed by atoms with Gasteiger partial charge in [0.05, 0.1) is 29.8 Å². The SMILES string of the molecule is CCS(=O)(=O)N1CC2(C[C@@H](OCc3cccc(C)n3)CCO2)C1. The first-order valence-corrected chi connectivity index (χ1v) is 9.69. The number of aryl methyl sites for hydroxylation is 1. The molecule has 2 aliphatic rings.